The van der Waals surface area contributed by atoms with Crippen LogP contribution in [0, 0.1) is 12.8 Å². The second kappa shape index (κ2) is 5.94. The highest BCUT2D eigenvalue weighted by Crippen LogP contribution is 2.31. The van der Waals surface area contributed by atoms with Crippen LogP contribution in [-0.2, 0) is 14.8 Å². The number of aromatic nitrogens is 1. The summed E-state index contributed by atoms with van der Waals surface area (Å²) in [5.74, 6) is -0.955. The van der Waals surface area contributed by atoms with E-state index >= 15 is 0 Å². The van der Waals surface area contributed by atoms with E-state index in [0.29, 0.717) is 15.7 Å². The standard InChI is InChI=1S/C12H18N4O4S2/c1-7-10(11(18)15(2)3)21-12(14-7)16-5-8(4-9(16)17)6-22(13,19)20/h8H,4-6H2,1-3H3,(H2,13,19,20). The highest BCUT2D eigenvalue weighted by Gasteiger charge is 2.35. The zero-order chi connectivity index (χ0) is 16.7. The van der Waals surface area contributed by atoms with Crippen molar-refractivity contribution in [2.45, 2.75) is 13.3 Å². The van der Waals surface area contributed by atoms with Crippen molar-refractivity contribution in [1.82, 2.24) is 9.88 Å². The zero-order valence-electron chi connectivity index (χ0n) is 12.6. The molecule has 2 heterocycles. The van der Waals surface area contributed by atoms with Gasteiger partial charge in [-0.05, 0) is 6.92 Å². The van der Waals surface area contributed by atoms with Gasteiger partial charge in [0.2, 0.25) is 15.9 Å². The Morgan fingerprint density at radius 1 is 1.50 bits per heavy atom. The van der Waals surface area contributed by atoms with Gasteiger partial charge >= 0.3 is 0 Å². The van der Waals surface area contributed by atoms with Crippen LogP contribution in [0.2, 0.25) is 0 Å². The first-order valence-corrected chi connectivity index (χ1v) is 9.11. The number of rotatable bonds is 4. The molecule has 0 bridgehead atoms. The van der Waals surface area contributed by atoms with Gasteiger partial charge in [-0.25, -0.2) is 18.5 Å². The van der Waals surface area contributed by atoms with E-state index in [1.165, 1.54) is 9.80 Å². The minimum absolute atomic E-state index is 0.117. The SMILES string of the molecule is Cc1nc(N2CC(CS(N)(=O)=O)CC2=O)sc1C(=O)N(C)C. The lowest BCUT2D eigenvalue weighted by Crippen LogP contribution is -2.27. The summed E-state index contributed by atoms with van der Waals surface area (Å²) >= 11 is 1.14. The molecule has 122 valence electrons. The van der Waals surface area contributed by atoms with Gasteiger partial charge in [-0.3, -0.25) is 14.5 Å². The lowest BCUT2D eigenvalue weighted by atomic mass is 10.1. The van der Waals surface area contributed by atoms with Crippen molar-refractivity contribution < 1.29 is 18.0 Å². The van der Waals surface area contributed by atoms with Gasteiger partial charge in [0.05, 0.1) is 11.4 Å². The Bertz CT molecular complexity index is 711. The number of amides is 2. The predicted molar refractivity (Wildman–Crippen MR) is 83.3 cm³/mol. The molecular formula is C12H18N4O4S2. The predicted octanol–water partition coefficient (Wildman–Crippen LogP) is -0.205. The summed E-state index contributed by atoms with van der Waals surface area (Å²) in [4.78, 5) is 31.7. The molecule has 1 aliphatic heterocycles. The second-order valence-corrected chi connectivity index (χ2v) is 8.15. The van der Waals surface area contributed by atoms with Crippen molar-refractivity contribution in [3.05, 3.63) is 10.6 Å². The third-order valence-corrected chi connectivity index (χ3v) is 5.39. The van der Waals surface area contributed by atoms with Gasteiger partial charge in [0, 0.05) is 33.0 Å². The van der Waals surface area contributed by atoms with Crippen LogP contribution < -0.4 is 10.0 Å². The monoisotopic (exact) mass is 346 g/mol. The summed E-state index contributed by atoms with van der Waals surface area (Å²) in [7, 11) is -0.335. The number of anilines is 1. The number of thiazole rings is 1. The van der Waals surface area contributed by atoms with E-state index in [9.17, 15) is 18.0 Å². The largest absolute Gasteiger partial charge is 0.344 e. The van der Waals surface area contributed by atoms with Crippen molar-refractivity contribution in [3.8, 4) is 0 Å². The molecule has 1 atom stereocenters. The normalized spacial score (nSPS) is 18.8. The smallest absolute Gasteiger partial charge is 0.265 e. The quantitative estimate of drug-likeness (QED) is 0.810. The van der Waals surface area contributed by atoms with Crippen molar-refractivity contribution in [1.29, 1.82) is 0 Å². The van der Waals surface area contributed by atoms with Gasteiger partial charge in [0.25, 0.3) is 5.91 Å². The van der Waals surface area contributed by atoms with E-state index < -0.39 is 10.0 Å². The summed E-state index contributed by atoms with van der Waals surface area (Å²) in [6.45, 7) is 1.96. The lowest BCUT2D eigenvalue weighted by Gasteiger charge is -2.12. The Hall–Kier alpha value is -1.52. The average Bonchev–Trinajstić information content (AvgIpc) is 2.89. The van der Waals surface area contributed by atoms with E-state index in [-0.39, 0.29) is 36.5 Å². The first-order valence-electron chi connectivity index (χ1n) is 6.58. The molecule has 0 spiro atoms. The molecule has 1 aliphatic rings. The van der Waals surface area contributed by atoms with Crippen molar-refractivity contribution in [2.75, 3.05) is 31.3 Å². The van der Waals surface area contributed by atoms with Gasteiger partial charge in [-0.2, -0.15) is 0 Å². The number of carbonyl (C=O) groups is 2. The third-order valence-electron chi connectivity index (χ3n) is 3.29. The first kappa shape index (κ1) is 16.8. The van der Waals surface area contributed by atoms with Crippen LogP contribution in [0.5, 0.6) is 0 Å². The van der Waals surface area contributed by atoms with E-state index in [0.717, 1.165) is 11.3 Å². The number of aryl methyl sites for hydroxylation is 1. The molecule has 22 heavy (non-hydrogen) atoms. The van der Waals surface area contributed by atoms with Crippen molar-refractivity contribution >= 4 is 38.3 Å². The van der Waals surface area contributed by atoms with Gasteiger partial charge in [-0.15, -0.1) is 0 Å². The fraction of sp³-hybridized carbons (Fsp3) is 0.583. The minimum atomic E-state index is -3.62. The van der Waals surface area contributed by atoms with Crippen molar-refractivity contribution in [2.24, 2.45) is 11.1 Å². The maximum absolute atomic E-state index is 12.1. The van der Waals surface area contributed by atoms with Crippen LogP contribution in [-0.4, -0.2) is 56.5 Å². The molecule has 0 aliphatic carbocycles. The Labute approximate surface area is 133 Å². The van der Waals surface area contributed by atoms with Crippen LogP contribution in [0.25, 0.3) is 0 Å². The Balaban J connectivity index is 2.21. The molecule has 2 rings (SSSR count). The van der Waals surface area contributed by atoms with E-state index in [2.05, 4.69) is 4.98 Å². The minimum Gasteiger partial charge on any atom is -0.344 e. The molecule has 0 aromatic carbocycles. The Morgan fingerprint density at radius 2 is 2.14 bits per heavy atom. The molecular weight excluding hydrogens is 328 g/mol. The van der Waals surface area contributed by atoms with Gasteiger partial charge < -0.3 is 4.90 Å². The molecule has 0 saturated carbocycles. The van der Waals surface area contributed by atoms with Crippen LogP contribution in [0.4, 0.5) is 5.13 Å². The van der Waals surface area contributed by atoms with Crippen LogP contribution in [0.1, 0.15) is 21.8 Å². The van der Waals surface area contributed by atoms with Crippen LogP contribution >= 0.6 is 11.3 Å². The summed E-state index contributed by atoms with van der Waals surface area (Å²) in [5.41, 5.74) is 0.557. The molecule has 0 radical (unpaired) electrons. The fourth-order valence-electron chi connectivity index (χ4n) is 2.31. The van der Waals surface area contributed by atoms with Crippen LogP contribution in [0.3, 0.4) is 0 Å². The topological polar surface area (TPSA) is 114 Å². The number of nitrogens with zero attached hydrogens (tertiary/aromatic N) is 3. The summed E-state index contributed by atoms with van der Waals surface area (Å²) < 4.78 is 22.3. The number of hydrogen-bond donors (Lipinski definition) is 1. The van der Waals surface area contributed by atoms with E-state index in [4.69, 9.17) is 5.14 Å². The summed E-state index contributed by atoms with van der Waals surface area (Å²) in [5, 5.41) is 5.45. The second-order valence-electron chi connectivity index (χ2n) is 5.51. The lowest BCUT2D eigenvalue weighted by molar-refractivity contribution is -0.117. The fourth-order valence-corrected chi connectivity index (χ4v) is 4.30. The van der Waals surface area contributed by atoms with E-state index in [1.807, 2.05) is 0 Å². The molecule has 10 heteroatoms. The van der Waals surface area contributed by atoms with E-state index in [1.54, 1.807) is 21.0 Å². The molecule has 1 unspecified atom stereocenters. The number of hydrogen-bond acceptors (Lipinski definition) is 6. The maximum Gasteiger partial charge on any atom is 0.265 e. The Kier molecular flexibility index (Phi) is 4.54. The zero-order valence-corrected chi connectivity index (χ0v) is 14.2. The highest BCUT2D eigenvalue weighted by atomic mass is 32.2. The molecule has 2 N–H and O–H groups in total. The van der Waals surface area contributed by atoms with Crippen molar-refractivity contribution in [3.63, 3.8) is 0 Å². The number of carbonyl (C=O) groups excluding carboxylic acids is 2. The first-order chi connectivity index (χ1) is 10.1. The van der Waals surface area contributed by atoms with Gasteiger partial charge in [0.15, 0.2) is 5.13 Å². The summed E-state index contributed by atoms with van der Waals surface area (Å²) in [6.07, 6.45) is 0.117. The Morgan fingerprint density at radius 3 is 2.68 bits per heavy atom. The van der Waals surface area contributed by atoms with Crippen LogP contribution in [0.15, 0.2) is 0 Å². The van der Waals surface area contributed by atoms with Gasteiger partial charge in [0.1, 0.15) is 4.88 Å². The molecule has 1 aromatic heterocycles. The molecule has 2 amide bonds. The average molecular weight is 346 g/mol. The number of nitrogens with two attached hydrogens (primary N) is 1. The number of primary sulfonamides is 1. The number of sulfonamides is 1. The summed E-state index contributed by atoms with van der Waals surface area (Å²) in [6, 6.07) is 0. The highest BCUT2D eigenvalue weighted by molar-refractivity contribution is 7.89. The van der Waals surface area contributed by atoms with Gasteiger partial charge in [-0.1, -0.05) is 11.3 Å². The molecule has 1 saturated heterocycles. The molecule has 1 aromatic rings. The maximum atomic E-state index is 12.1. The molecule has 1 fully saturated rings. The third kappa shape index (κ3) is 3.62. The molecule has 8 nitrogen and oxygen atoms in total.